The molecular weight excluding hydrogens is 544 g/mol. The maximum atomic E-state index is 12.7. The van der Waals surface area contributed by atoms with Crippen LogP contribution in [-0.2, 0) is 30.4 Å². The highest BCUT2D eigenvalue weighted by atomic mass is 16.6. The second-order valence-corrected chi connectivity index (χ2v) is 9.39. The number of amides is 1. The van der Waals surface area contributed by atoms with Gasteiger partial charge in [0.05, 0.1) is 12.4 Å². The Hall–Kier alpha value is -5.33. The molecular formula is C28H26N8O6. The molecule has 1 fully saturated rings. The fourth-order valence-electron chi connectivity index (χ4n) is 4.67. The molecule has 1 saturated heterocycles. The fraction of sp³-hybridized carbons (Fsp3) is 0.286. The van der Waals surface area contributed by atoms with Crippen molar-refractivity contribution in [2.75, 3.05) is 5.32 Å². The Morgan fingerprint density at radius 3 is 2.52 bits per heavy atom. The van der Waals surface area contributed by atoms with Crippen LogP contribution in [0.5, 0.6) is 0 Å². The summed E-state index contributed by atoms with van der Waals surface area (Å²) in [5, 5.41) is 6.58. The lowest BCUT2D eigenvalue weighted by molar-refractivity contribution is -0.152. The Kier molecular flexibility index (Phi) is 8.66. The van der Waals surface area contributed by atoms with Gasteiger partial charge < -0.3 is 19.5 Å². The van der Waals surface area contributed by atoms with Gasteiger partial charge in [-0.1, -0.05) is 53.6 Å². The number of ether oxygens (including phenoxy) is 3. The molecule has 3 heterocycles. The van der Waals surface area contributed by atoms with Crippen molar-refractivity contribution in [3.63, 3.8) is 0 Å². The predicted octanol–water partition coefficient (Wildman–Crippen LogP) is 4.11. The molecule has 0 saturated carbocycles. The number of esters is 2. The molecule has 0 aliphatic carbocycles. The molecule has 5 rings (SSSR count). The second kappa shape index (κ2) is 12.9. The van der Waals surface area contributed by atoms with Gasteiger partial charge in [0.2, 0.25) is 0 Å². The van der Waals surface area contributed by atoms with Gasteiger partial charge in [0.15, 0.2) is 29.3 Å². The van der Waals surface area contributed by atoms with Crippen molar-refractivity contribution in [2.24, 2.45) is 5.11 Å². The first-order valence-corrected chi connectivity index (χ1v) is 13.0. The highest BCUT2D eigenvalue weighted by molar-refractivity contribution is 6.06. The first-order valence-electron chi connectivity index (χ1n) is 13.0. The number of azide groups is 1. The number of aromatic nitrogens is 4. The topological polar surface area (TPSA) is 183 Å². The predicted molar refractivity (Wildman–Crippen MR) is 148 cm³/mol. The van der Waals surface area contributed by atoms with E-state index in [1.165, 1.54) is 24.1 Å². The summed E-state index contributed by atoms with van der Waals surface area (Å²) in [4.78, 5) is 53.0. The maximum absolute atomic E-state index is 12.7. The van der Waals surface area contributed by atoms with Gasteiger partial charge in [0.25, 0.3) is 5.91 Å². The standard InChI is InChI=1S/C28H26N8O6/c1-17(37)41-24-22(34-35-29)20(12-13-21(38)40-14-18-8-4-2-5-9-18)42-28(24)36-16-32-23-25(30-15-31-26(23)36)33-27(39)19-10-6-3-7-11-19/h2-11,15-16,20,22,24,28H,12-14H2,1H3,(H,30,31,33,39)/t20-,22-,24-,28-/m1/s1. The summed E-state index contributed by atoms with van der Waals surface area (Å²) in [6, 6.07) is 16.9. The molecule has 1 N–H and O–H groups in total. The number of fused-ring (bicyclic) bond motifs is 1. The van der Waals surface area contributed by atoms with Crippen molar-refractivity contribution >= 4 is 34.8 Å². The van der Waals surface area contributed by atoms with Crippen molar-refractivity contribution in [2.45, 2.75) is 50.8 Å². The Morgan fingerprint density at radius 1 is 1.07 bits per heavy atom. The molecule has 2 aromatic heterocycles. The minimum absolute atomic E-state index is 0.0308. The van der Waals surface area contributed by atoms with Crippen molar-refractivity contribution in [3.05, 3.63) is 94.9 Å². The lowest BCUT2D eigenvalue weighted by Crippen LogP contribution is -2.34. The Balaban J connectivity index is 1.36. The SMILES string of the molecule is CC(=O)O[C@@H]1[C@H](N=[N+]=[N-])[C@@H](CCC(=O)OCc2ccccc2)O[C@H]1n1cnc2c(NC(=O)c3ccccc3)ncnc21. The normalized spacial score (nSPS) is 19.5. The highest BCUT2D eigenvalue weighted by Gasteiger charge is 2.48. The van der Waals surface area contributed by atoms with Crippen LogP contribution in [0.15, 0.2) is 78.4 Å². The number of carbonyl (C=O) groups excluding carboxylic acids is 3. The van der Waals surface area contributed by atoms with Crippen LogP contribution >= 0.6 is 0 Å². The van der Waals surface area contributed by atoms with Gasteiger partial charge >= 0.3 is 11.9 Å². The van der Waals surface area contributed by atoms with Crippen molar-refractivity contribution in [1.29, 1.82) is 0 Å². The molecule has 0 spiro atoms. The van der Waals surface area contributed by atoms with Crippen LogP contribution in [0.3, 0.4) is 0 Å². The molecule has 1 aliphatic rings. The molecule has 2 aromatic carbocycles. The molecule has 0 unspecified atom stereocenters. The molecule has 0 bridgehead atoms. The van der Waals surface area contributed by atoms with Crippen LogP contribution < -0.4 is 5.32 Å². The quantitative estimate of drug-likeness (QED) is 0.127. The van der Waals surface area contributed by atoms with Crippen molar-refractivity contribution < 1.29 is 28.6 Å². The van der Waals surface area contributed by atoms with Gasteiger partial charge in [-0.15, -0.1) is 0 Å². The van der Waals surface area contributed by atoms with E-state index in [2.05, 4.69) is 30.3 Å². The summed E-state index contributed by atoms with van der Waals surface area (Å²) in [6.07, 6.45) is -0.103. The van der Waals surface area contributed by atoms with E-state index in [0.717, 1.165) is 5.56 Å². The number of benzene rings is 2. The molecule has 1 aliphatic heterocycles. The summed E-state index contributed by atoms with van der Waals surface area (Å²) < 4.78 is 18.6. The largest absolute Gasteiger partial charge is 0.461 e. The lowest BCUT2D eigenvalue weighted by Gasteiger charge is -2.21. The molecule has 214 valence electrons. The van der Waals surface area contributed by atoms with Crippen molar-refractivity contribution in [3.8, 4) is 0 Å². The molecule has 42 heavy (non-hydrogen) atoms. The van der Waals surface area contributed by atoms with Gasteiger partial charge in [0, 0.05) is 23.8 Å². The lowest BCUT2D eigenvalue weighted by atomic mass is 10.0. The van der Waals surface area contributed by atoms with E-state index in [9.17, 15) is 19.9 Å². The third-order valence-electron chi connectivity index (χ3n) is 6.58. The van der Waals surface area contributed by atoms with Crippen LogP contribution in [-0.4, -0.2) is 55.6 Å². The smallest absolute Gasteiger partial charge is 0.306 e. The maximum Gasteiger partial charge on any atom is 0.306 e. The molecule has 14 heteroatoms. The Labute approximate surface area is 239 Å². The number of hydrogen-bond acceptors (Lipinski definition) is 10. The molecule has 4 aromatic rings. The van der Waals surface area contributed by atoms with Crippen LogP contribution in [0.25, 0.3) is 21.6 Å². The third-order valence-corrected chi connectivity index (χ3v) is 6.58. The van der Waals surface area contributed by atoms with Gasteiger partial charge in [-0.05, 0) is 29.6 Å². The van der Waals surface area contributed by atoms with Crippen LogP contribution in [0, 0.1) is 0 Å². The van der Waals surface area contributed by atoms with Crippen LogP contribution in [0.4, 0.5) is 5.82 Å². The second-order valence-electron chi connectivity index (χ2n) is 9.39. The average Bonchev–Trinajstić information content (AvgIpc) is 3.58. The number of nitrogens with one attached hydrogen (secondary N) is 1. The fourth-order valence-corrected chi connectivity index (χ4v) is 4.67. The zero-order valence-electron chi connectivity index (χ0n) is 22.4. The van der Waals surface area contributed by atoms with Crippen LogP contribution in [0.1, 0.15) is 41.9 Å². The number of anilines is 1. The zero-order valence-corrected chi connectivity index (χ0v) is 22.4. The van der Waals surface area contributed by atoms with E-state index in [1.54, 1.807) is 30.3 Å². The van der Waals surface area contributed by atoms with E-state index in [0.29, 0.717) is 5.56 Å². The molecule has 1 amide bonds. The molecule has 4 atom stereocenters. The van der Waals surface area contributed by atoms with E-state index >= 15 is 0 Å². The number of rotatable bonds is 10. The number of carbonyl (C=O) groups is 3. The monoisotopic (exact) mass is 570 g/mol. The first-order chi connectivity index (χ1) is 20.4. The van der Waals surface area contributed by atoms with Gasteiger partial charge in [-0.2, -0.15) is 0 Å². The summed E-state index contributed by atoms with van der Waals surface area (Å²) in [5.41, 5.74) is 11.1. The van der Waals surface area contributed by atoms with E-state index < -0.39 is 36.4 Å². The number of nitrogens with zero attached hydrogens (tertiary/aromatic N) is 7. The summed E-state index contributed by atoms with van der Waals surface area (Å²) >= 11 is 0. The zero-order chi connectivity index (χ0) is 29.5. The summed E-state index contributed by atoms with van der Waals surface area (Å²) in [6.45, 7) is 1.34. The van der Waals surface area contributed by atoms with Gasteiger partial charge in [-0.25, -0.2) is 15.0 Å². The third kappa shape index (κ3) is 6.35. The van der Waals surface area contributed by atoms with Crippen molar-refractivity contribution in [1.82, 2.24) is 19.5 Å². The summed E-state index contributed by atoms with van der Waals surface area (Å²) in [5.74, 6) is -1.31. The number of imidazole rings is 1. The Morgan fingerprint density at radius 2 is 1.81 bits per heavy atom. The van der Waals surface area contributed by atoms with E-state index in [-0.39, 0.29) is 42.3 Å². The average molecular weight is 571 g/mol. The molecule has 0 radical (unpaired) electrons. The minimum atomic E-state index is -1.06. The number of hydrogen-bond donors (Lipinski definition) is 1. The van der Waals surface area contributed by atoms with E-state index in [4.69, 9.17) is 14.2 Å². The van der Waals surface area contributed by atoms with Gasteiger partial charge in [0.1, 0.15) is 19.0 Å². The first kappa shape index (κ1) is 28.2. The van der Waals surface area contributed by atoms with Crippen LogP contribution in [0.2, 0.25) is 0 Å². The summed E-state index contributed by atoms with van der Waals surface area (Å²) in [7, 11) is 0. The Bertz CT molecular complexity index is 1620. The highest BCUT2D eigenvalue weighted by Crippen LogP contribution is 2.38. The minimum Gasteiger partial charge on any atom is -0.461 e. The van der Waals surface area contributed by atoms with E-state index in [1.807, 2.05) is 30.3 Å². The van der Waals surface area contributed by atoms with Gasteiger partial charge in [-0.3, -0.25) is 19.0 Å². The molecule has 14 nitrogen and oxygen atoms in total.